The molecule has 0 aromatic carbocycles. The van der Waals surface area contributed by atoms with Crippen LogP contribution in [0.4, 0.5) is 4.79 Å². The number of ether oxygens (including phenoxy) is 1. The molecule has 0 aromatic rings. The van der Waals surface area contributed by atoms with Gasteiger partial charge in [-0.2, -0.15) is 0 Å². The summed E-state index contributed by atoms with van der Waals surface area (Å²) in [6, 6.07) is -0.575. The number of rotatable bonds is 6. The number of alkyl carbamates (subject to hydrolysis) is 1. The van der Waals surface area contributed by atoms with Gasteiger partial charge in [0.05, 0.1) is 0 Å². The first-order valence-electron chi connectivity index (χ1n) is 7.34. The molecule has 0 aliphatic rings. The van der Waals surface area contributed by atoms with Gasteiger partial charge in [-0.15, -0.1) is 0 Å². The van der Waals surface area contributed by atoms with E-state index in [0.29, 0.717) is 12.5 Å². The van der Waals surface area contributed by atoms with Gasteiger partial charge in [-0.3, -0.25) is 4.79 Å². The highest BCUT2D eigenvalue weighted by Gasteiger charge is 2.26. The van der Waals surface area contributed by atoms with E-state index in [2.05, 4.69) is 24.5 Å². The molecule has 0 saturated heterocycles. The van der Waals surface area contributed by atoms with E-state index >= 15 is 0 Å². The summed E-state index contributed by atoms with van der Waals surface area (Å²) in [5, 5.41) is 5.52. The Kier molecular flexibility index (Phi) is 7.61. The van der Waals surface area contributed by atoms with Gasteiger partial charge in [-0.1, -0.05) is 34.1 Å². The molecule has 5 nitrogen and oxygen atoms in total. The Bertz CT molecular complexity index is 322. The van der Waals surface area contributed by atoms with Crippen LogP contribution in [0, 0.1) is 11.8 Å². The minimum absolute atomic E-state index is 0.000508. The Labute approximate surface area is 122 Å². The van der Waals surface area contributed by atoms with Gasteiger partial charge in [0.1, 0.15) is 11.6 Å². The lowest BCUT2D eigenvalue weighted by Crippen LogP contribution is -2.51. The molecule has 0 radical (unpaired) electrons. The summed E-state index contributed by atoms with van der Waals surface area (Å²) in [4.78, 5) is 23.9. The molecule has 0 aliphatic carbocycles. The van der Waals surface area contributed by atoms with Crippen LogP contribution in [0.2, 0.25) is 0 Å². The third kappa shape index (κ3) is 8.02. The zero-order valence-corrected chi connectivity index (χ0v) is 13.9. The van der Waals surface area contributed by atoms with E-state index in [1.54, 1.807) is 20.8 Å². The average molecular weight is 286 g/mol. The molecule has 0 spiro atoms. The number of hydrogen-bond acceptors (Lipinski definition) is 3. The van der Waals surface area contributed by atoms with Gasteiger partial charge >= 0.3 is 6.09 Å². The van der Waals surface area contributed by atoms with Gasteiger partial charge in [-0.25, -0.2) is 4.79 Å². The molecule has 0 fully saturated rings. The maximum Gasteiger partial charge on any atom is 0.408 e. The highest BCUT2D eigenvalue weighted by atomic mass is 16.6. The summed E-state index contributed by atoms with van der Waals surface area (Å²) in [6.07, 6.45) is 0.446. The monoisotopic (exact) mass is 286 g/mol. The van der Waals surface area contributed by atoms with Gasteiger partial charge in [0, 0.05) is 6.54 Å². The Morgan fingerprint density at radius 1 is 1.15 bits per heavy atom. The van der Waals surface area contributed by atoms with Gasteiger partial charge in [0.2, 0.25) is 5.91 Å². The lowest BCUT2D eigenvalue weighted by molar-refractivity contribution is -0.124. The zero-order chi connectivity index (χ0) is 15.9. The Balaban J connectivity index is 4.49. The fraction of sp³-hybridized carbons (Fsp3) is 0.867. The van der Waals surface area contributed by atoms with Crippen LogP contribution in [0.15, 0.2) is 0 Å². The Morgan fingerprint density at radius 2 is 1.70 bits per heavy atom. The molecule has 118 valence electrons. The molecule has 2 N–H and O–H groups in total. The molecule has 2 amide bonds. The number of carbonyl (C=O) groups excluding carboxylic acids is 2. The number of amides is 2. The van der Waals surface area contributed by atoms with Crippen molar-refractivity contribution in [3.05, 3.63) is 0 Å². The third-order valence-corrected chi connectivity index (χ3v) is 2.94. The van der Waals surface area contributed by atoms with Crippen molar-refractivity contribution in [1.29, 1.82) is 0 Å². The standard InChI is InChI=1S/C15H30N2O3/c1-8-11(4)9-16-13(18)12(10(2)3)17-14(19)20-15(5,6)7/h10-12H,8-9H2,1-7H3,(H,16,18)(H,17,19). The molecule has 0 bridgehead atoms. The highest BCUT2D eigenvalue weighted by molar-refractivity contribution is 5.85. The van der Waals surface area contributed by atoms with Crippen LogP contribution in [0.25, 0.3) is 0 Å². The van der Waals surface area contributed by atoms with Crippen LogP contribution in [0.1, 0.15) is 54.9 Å². The fourth-order valence-corrected chi connectivity index (χ4v) is 1.50. The SMILES string of the molecule is CCC(C)CNC(=O)C(NC(=O)OC(C)(C)C)C(C)C. The van der Waals surface area contributed by atoms with Crippen LogP contribution >= 0.6 is 0 Å². The first-order chi connectivity index (χ1) is 9.06. The lowest BCUT2D eigenvalue weighted by atomic mass is 10.0. The Morgan fingerprint density at radius 3 is 2.10 bits per heavy atom. The molecule has 0 aromatic heterocycles. The summed E-state index contributed by atoms with van der Waals surface area (Å²) in [5.74, 6) is 0.263. The van der Waals surface area contributed by atoms with Crippen LogP contribution in [-0.4, -0.2) is 30.2 Å². The molecule has 5 heteroatoms. The smallest absolute Gasteiger partial charge is 0.408 e. The number of nitrogens with one attached hydrogen (secondary N) is 2. The zero-order valence-electron chi connectivity index (χ0n) is 13.9. The first-order valence-corrected chi connectivity index (χ1v) is 7.34. The van der Waals surface area contributed by atoms with Gasteiger partial charge in [-0.05, 0) is 32.6 Å². The molecular weight excluding hydrogens is 256 g/mol. The van der Waals surface area contributed by atoms with Crippen molar-refractivity contribution in [2.75, 3.05) is 6.54 Å². The van der Waals surface area contributed by atoms with Crippen LogP contribution in [0.5, 0.6) is 0 Å². The molecular formula is C15H30N2O3. The summed E-state index contributed by atoms with van der Waals surface area (Å²) < 4.78 is 5.19. The second kappa shape index (κ2) is 8.12. The van der Waals surface area contributed by atoms with Crippen molar-refractivity contribution in [2.45, 2.75) is 66.5 Å². The van der Waals surface area contributed by atoms with Crippen LogP contribution in [-0.2, 0) is 9.53 Å². The summed E-state index contributed by atoms with van der Waals surface area (Å²) in [6.45, 7) is 13.9. The maximum atomic E-state index is 12.1. The van der Waals surface area contributed by atoms with E-state index in [-0.39, 0.29) is 11.8 Å². The first kappa shape index (κ1) is 18.7. The molecule has 20 heavy (non-hydrogen) atoms. The summed E-state index contributed by atoms with van der Waals surface area (Å²) in [5.41, 5.74) is -0.571. The molecule has 0 heterocycles. The van der Waals surface area contributed by atoms with Crippen LogP contribution < -0.4 is 10.6 Å². The van der Waals surface area contributed by atoms with Crippen LogP contribution in [0.3, 0.4) is 0 Å². The quantitative estimate of drug-likeness (QED) is 0.789. The van der Waals surface area contributed by atoms with Gasteiger partial charge in [0.25, 0.3) is 0 Å². The van der Waals surface area contributed by atoms with Gasteiger partial charge < -0.3 is 15.4 Å². The summed E-state index contributed by atoms with van der Waals surface area (Å²) in [7, 11) is 0. The fourth-order valence-electron chi connectivity index (χ4n) is 1.50. The second-order valence-corrected chi connectivity index (χ2v) is 6.63. The van der Waals surface area contributed by atoms with Crippen molar-refractivity contribution < 1.29 is 14.3 Å². The molecule has 2 unspecified atom stereocenters. The van der Waals surface area contributed by atoms with E-state index in [1.165, 1.54) is 0 Å². The van der Waals surface area contributed by atoms with Gasteiger partial charge in [0.15, 0.2) is 0 Å². The molecule has 0 rings (SSSR count). The normalized spacial score (nSPS) is 14.6. The van der Waals surface area contributed by atoms with E-state index < -0.39 is 17.7 Å². The second-order valence-electron chi connectivity index (χ2n) is 6.63. The number of hydrogen-bond donors (Lipinski definition) is 2. The molecule has 0 saturated carbocycles. The minimum Gasteiger partial charge on any atom is -0.444 e. The maximum absolute atomic E-state index is 12.1. The lowest BCUT2D eigenvalue weighted by Gasteiger charge is -2.25. The average Bonchev–Trinajstić information content (AvgIpc) is 2.29. The van der Waals surface area contributed by atoms with E-state index in [9.17, 15) is 9.59 Å². The van der Waals surface area contributed by atoms with Crippen molar-refractivity contribution in [3.63, 3.8) is 0 Å². The van der Waals surface area contributed by atoms with Crippen molar-refractivity contribution in [3.8, 4) is 0 Å². The van der Waals surface area contributed by atoms with E-state index in [0.717, 1.165) is 6.42 Å². The summed E-state index contributed by atoms with van der Waals surface area (Å²) >= 11 is 0. The predicted molar refractivity (Wildman–Crippen MR) is 80.5 cm³/mol. The van der Waals surface area contributed by atoms with E-state index in [4.69, 9.17) is 4.74 Å². The van der Waals surface area contributed by atoms with Crippen molar-refractivity contribution in [2.24, 2.45) is 11.8 Å². The highest BCUT2D eigenvalue weighted by Crippen LogP contribution is 2.09. The largest absolute Gasteiger partial charge is 0.444 e. The molecule has 0 aliphatic heterocycles. The van der Waals surface area contributed by atoms with Crippen molar-refractivity contribution in [1.82, 2.24) is 10.6 Å². The topological polar surface area (TPSA) is 67.4 Å². The van der Waals surface area contributed by atoms with E-state index in [1.807, 2.05) is 13.8 Å². The molecule has 2 atom stereocenters. The van der Waals surface area contributed by atoms with Crippen molar-refractivity contribution >= 4 is 12.0 Å². The Hall–Kier alpha value is -1.26. The minimum atomic E-state index is -0.575. The third-order valence-electron chi connectivity index (χ3n) is 2.94. The predicted octanol–water partition coefficient (Wildman–Crippen LogP) is 2.70. The number of carbonyl (C=O) groups is 2.